The third-order valence-corrected chi connectivity index (χ3v) is 0.617. The molecule has 0 radical (unpaired) electrons. The SMILES string of the molecule is ON=C1C=NOC1. The summed E-state index contributed by atoms with van der Waals surface area (Å²) in [5.74, 6) is 0. The first kappa shape index (κ1) is 4.11. The van der Waals surface area contributed by atoms with E-state index in [1.807, 2.05) is 0 Å². The van der Waals surface area contributed by atoms with E-state index in [9.17, 15) is 0 Å². The molecule has 1 rings (SSSR count). The van der Waals surface area contributed by atoms with Crippen LogP contribution >= 0.6 is 0 Å². The normalized spacial score (nSPS) is 23.1. The van der Waals surface area contributed by atoms with E-state index >= 15 is 0 Å². The molecule has 0 aromatic heterocycles. The van der Waals surface area contributed by atoms with Gasteiger partial charge in [-0.15, -0.1) is 0 Å². The average Bonchev–Trinajstić information content (AvgIpc) is 2.14. The van der Waals surface area contributed by atoms with Gasteiger partial charge in [0.15, 0.2) is 6.61 Å². The van der Waals surface area contributed by atoms with Gasteiger partial charge in [-0.3, -0.25) is 0 Å². The molecule has 0 aromatic carbocycles. The lowest BCUT2D eigenvalue weighted by Crippen LogP contribution is -1.98. The minimum absolute atomic E-state index is 0.288. The maximum Gasteiger partial charge on any atom is 0.164 e. The highest BCUT2D eigenvalue weighted by molar-refractivity contribution is 6.31. The van der Waals surface area contributed by atoms with Gasteiger partial charge in [0.25, 0.3) is 0 Å². The smallest absolute Gasteiger partial charge is 0.164 e. The molecule has 0 aliphatic carbocycles. The Morgan fingerprint density at radius 2 is 2.86 bits per heavy atom. The zero-order valence-electron chi connectivity index (χ0n) is 3.53. The summed E-state index contributed by atoms with van der Waals surface area (Å²) in [5, 5.41) is 14.1. The molecule has 1 aliphatic heterocycles. The highest BCUT2D eigenvalue weighted by Gasteiger charge is 2.01. The van der Waals surface area contributed by atoms with Gasteiger partial charge in [0.1, 0.15) is 5.71 Å². The number of rotatable bonds is 0. The van der Waals surface area contributed by atoms with Crippen LogP contribution in [0, 0.1) is 0 Å². The van der Waals surface area contributed by atoms with Crippen molar-refractivity contribution in [2.75, 3.05) is 6.61 Å². The predicted molar refractivity (Wildman–Crippen MR) is 23.7 cm³/mol. The van der Waals surface area contributed by atoms with Crippen LogP contribution in [0.2, 0.25) is 0 Å². The van der Waals surface area contributed by atoms with Crippen molar-refractivity contribution < 1.29 is 10.0 Å². The Balaban J connectivity index is 2.59. The summed E-state index contributed by atoms with van der Waals surface area (Å²) in [6.45, 7) is 0.288. The van der Waals surface area contributed by atoms with Gasteiger partial charge in [-0.25, -0.2) is 0 Å². The topological polar surface area (TPSA) is 54.2 Å². The van der Waals surface area contributed by atoms with Crippen LogP contribution in [-0.2, 0) is 4.84 Å². The molecule has 4 heteroatoms. The van der Waals surface area contributed by atoms with E-state index in [-0.39, 0.29) is 6.61 Å². The molecule has 0 amide bonds. The molecule has 7 heavy (non-hydrogen) atoms. The van der Waals surface area contributed by atoms with Gasteiger partial charge in [-0.1, -0.05) is 10.3 Å². The fourth-order valence-corrected chi connectivity index (χ4v) is 0.293. The maximum absolute atomic E-state index is 7.98. The first-order valence-corrected chi connectivity index (χ1v) is 1.80. The van der Waals surface area contributed by atoms with Gasteiger partial charge in [0.05, 0.1) is 6.21 Å². The van der Waals surface area contributed by atoms with Crippen LogP contribution in [0.1, 0.15) is 0 Å². The summed E-state index contributed by atoms with van der Waals surface area (Å²) < 4.78 is 0. The number of hydrogen-bond donors (Lipinski definition) is 1. The van der Waals surface area contributed by atoms with Crippen molar-refractivity contribution in [3.05, 3.63) is 0 Å². The molecular weight excluding hydrogens is 96.0 g/mol. The molecule has 1 aliphatic rings. The molecule has 1 heterocycles. The van der Waals surface area contributed by atoms with Crippen molar-refractivity contribution in [1.29, 1.82) is 0 Å². The van der Waals surface area contributed by atoms with Crippen LogP contribution in [0.15, 0.2) is 10.3 Å². The zero-order chi connectivity index (χ0) is 5.11. The molecule has 4 nitrogen and oxygen atoms in total. The van der Waals surface area contributed by atoms with Crippen LogP contribution in [0.4, 0.5) is 0 Å². The van der Waals surface area contributed by atoms with Gasteiger partial charge in [0.2, 0.25) is 0 Å². The number of nitrogens with zero attached hydrogens (tertiary/aromatic N) is 2. The summed E-state index contributed by atoms with van der Waals surface area (Å²) in [6.07, 6.45) is 1.36. The lowest BCUT2D eigenvalue weighted by molar-refractivity contribution is 0.195. The Kier molecular flexibility index (Phi) is 0.934. The van der Waals surface area contributed by atoms with Gasteiger partial charge >= 0.3 is 0 Å². The van der Waals surface area contributed by atoms with Crippen molar-refractivity contribution in [1.82, 2.24) is 0 Å². The molecule has 0 atom stereocenters. The molecular formula is C3H4N2O2. The summed E-state index contributed by atoms with van der Waals surface area (Å²) in [4.78, 5) is 4.43. The second-order valence-electron chi connectivity index (χ2n) is 1.10. The van der Waals surface area contributed by atoms with E-state index in [0.29, 0.717) is 5.71 Å². The maximum atomic E-state index is 7.98. The Morgan fingerprint density at radius 1 is 2.00 bits per heavy atom. The van der Waals surface area contributed by atoms with E-state index < -0.39 is 0 Å². The molecule has 0 bridgehead atoms. The molecule has 0 aromatic rings. The van der Waals surface area contributed by atoms with Crippen LogP contribution < -0.4 is 0 Å². The third kappa shape index (κ3) is 0.677. The lowest BCUT2D eigenvalue weighted by Gasteiger charge is -1.80. The van der Waals surface area contributed by atoms with Gasteiger partial charge < -0.3 is 10.0 Å². The van der Waals surface area contributed by atoms with Crippen molar-refractivity contribution in [3.63, 3.8) is 0 Å². The van der Waals surface area contributed by atoms with Crippen LogP contribution in [-0.4, -0.2) is 23.7 Å². The Bertz CT molecular complexity index is 115. The second kappa shape index (κ2) is 1.59. The predicted octanol–water partition coefficient (Wildman–Crippen LogP) is -0.167. The summed E-state index contributed by atoms with van der Waals surface area (Å²) >= 11 is 0. The van der Waals surface area contributed by atoms with E-state index in [4.69, 9.17) is 5.21 Å². The fraction of sp³-hybridized carbons (Fsp3) is 0.333. The zero-order valence-corrected chi connectivity index (χ0v) is 3.53. The average molecular weight is 100 g/mol. The molecule has 0 saturated heterocycles. The largest absolute Gasteiger partial charge is 0.410 e. The van der Waals surface area contributed by atoms with E-state index in [1.54, 1.807) is 0 Å². The second-order valence-corrected chi connectivity index (χ2v) is 1.10. The molecule has 0 fully saturated rings. The van der Waals surface area contributed by atoms with E-state index in [2.05, 4.69) is 15.1 Å². The van der Waals surface area contributed by atoms with Crippen molar-refractivity contribution in [2.24, 2.45) is 10.3 Å². The van der Waals surface area contributed by atoms with Crippen molar-refractivity contribution >= 4 is 11.9 Å². The van der Waals surface area contributed by atoms with E-state index in [0.717, 1.165) is 0 Å². The van der Waals surface area contributed by atoms with Crippen molar-refractivity contribution in [3.8, 4) is 0 Å². The van der Waals surface area contributed by atoms with Crippen LogP contribution in [0.5, 0.6) is 0 Å². The summed E-state index contributed by atoms with van der Waals surface area (Å²) in [5.41, 5.74) is 0.458. The van der Waals surface area contributed by atoms with Gasteiger partial charge in [0, 0.05) is 0 Å². The lowest BCUT2D eigenvalue weighted by atomic mass is 10.5. The minimum atomic E-state index is 0.288. The molecule has 0 unspecified atom stereocenters. The molecule has 38 valence electrons. The third-order valence-electron chi connectivity index (χ3n) is 0.617. The Morgan fingerprint density at radius 3 is 3.14 bits per heavy atom. The van der Waals surface area contributed by atoms with Crippen LogP contribution in [0.3, 0.4) is 0 Å². The van der Waals surface area contributed by atoms with Crippen LogP contribution in [0.25, 0.3) is 0 Å². The molecule has 0 spiro atoms. The van der Waals surface area contributed by atoms with Crippen molar-refractivity contribution in [2.45, 2.75) is 0 Å². The molecule has 0 saturated carbocycles. The summed E-state index contributed by atoms with van der Waals surface area (Å²) in [7, 11) is 0. The fourth-order valence-electron chi connectivity index (χ4n) is 0.293. The monoisotopic (exact) mass is 100 g/mol. The standard InChI is InChI=1S/C3H4N2O2/c6-5-3-1-4-7-2-3/h1,6H,2H2. The minimum Gasteiger partial charge on any atom is -0.410 e. The highest BCUT2D eigenvalue weighted by Crippen LogP contribution is 1.86. The first-order chi connectivity index (χ1) is 3.43. The van der Waals surface area contributed by atoms with Gasteiger partial charge in [-0.2, -0.15) is 0 Å². The Labute approximate surface area is 40.1 Å². The first-order valence-electron chi connectivity index (χ1n) is 1.80. The highest BCUT2D eigenvalue weighted by atomic mass is 16.6. The Hall–Kier alpha value is -1.06. The van der Waals surface area contributed by atoms with E-state index in [1.165, 1.54) is 6.21 Å². The quantitative estimate of drug-likeness (QED) is 0.339. The number of hydrogen-bond acceptors (Lipinski definition) is 4. The number of oxime groups is 2. The van der Waals surface area contributed by atoms with Gasteiger partial charge in [-0.05, 0) is 0 Å². The molecule has 1 N–H and O–H groups in total. The summed E-state index contributed by atoms with van der Waals surface area (Å²) in [6, 6.07) is 0.